The van der Waals surface area contributed by atoms with Gasteiger partial charge < -0.3 is 10.6 Å². The van der Waals surface area contributed by atoms with Crippen LogP contribution in [0.3, 0.4) is 0 Å². The van der Waals surface area contributed by atoms with E-state index >= 15 is 0 Å². The first-order chi connectivity index (χ1) is 9.24. The van der Waals surface area contributed by atoms with Crippen molar-refractivity contribution in [3.05, 3.63) is 11.3 Å². The summed E-state index contributed by atoms with van der Waals surface area (Å²) in [5.74, 6) is 0.0282. The zero-order chi connectivity index (χ0) is 13.7. The lowest BCUT2D eigenvalue weighted by atomic mass is 9.90. The molecule has 0 aromatic heterocycles. The zero-order valence-electron chi connectivity index (χ0n) is 12.0. The van der Waals surface area contributed by atoms with Crippen LogP contribution in [0.2, 0.25) is 0 Å². The molecule has 4 nitrogen and oxygen atoms in total. The highest BCUT2D eigenvalue weighted by atomic mass is 16.2. The number of rotatable bonds is 2. The molecule has 0 radical (unpaired) electrons. The van der Waals surface area contributed by atoms with Crippen LogP contribution in [0.15, 0.2) is 16.3 Å². The minimum atomic E-state index is 0.0282. The highest BCUT2D eigenvalue weighted by molar-refractivity contribution is 6.08. The van der Waals surface area contributed by atoms with Gasteiger partial charge in [0.25, 0.3) is 5.91 Å². The van der Waals surface area contributed by atoms with Gasteiger partial charge in [-0.1, -0.05) is 0 Å². The molecule has 4 heteroatoms. The number of carbonyl (C=O) groups is 1. The molecule has 1 amide bonds. The highest BCUT2D eigenvalue weighted by Crippen LogP contribution is 2.24. The largest absolute Gasteiger partial charge is 0.394 e. The van der Waals surface area contributed by atoms with E-state index < -0.39 is 0 Å². The molecule has 2 aliphatic rings. The number of nitrogens with zero attached hydrogens (tertiary/aromatic N) is 2. The minimum absolute atomic E-state index is 0.0282. The van der Waals surface area contributed by atoms with E-state index in [-0.39, 0.29) is 5.91 Å². The number of piperidine rings is 1. The standard InChI is InChI=1S/C15H25N3O/c1-2-17-13-9-5-4-8-12(13)14(16)15(19)18-10-6-3-7-11-18/h2-11,16H2,1H3/b14-12-,17-13?. The molecular formula is C15H25N3O. The number of allylic oxidation sites excluding steroid dienone is 1. The van der Waals surface area contributed by atoms with Gasteiger partial charge in [0.15, 0.2) is 0 Å². The summed E-state index contributed by atoms with van der Waals surface area (Å²) in [5.41, 5.74) is 8.69. The van der Waals surface area contributed by atoms with E-state index in [1.54, 1.807) is 0 Å². The summed E-state index contributed by atoms with van der Waals surface area (Å²) < 4.78 is 0. The second kappa shape index (κ2) is 6.73. The van der Waals surface area contributed by atoms with Gasteiger partial charge in [0.05, 0.1) is 0 Å². The Kier molecular flexibility index (Phi) is 5.00. The Hall–Kier alpha value is -1.32. The first-order valence-corrected chi connectivity index (χ1v) is 7.55. The highest BCUT2D eigenvalue weighted by Gasteiger charge is 2.24. The Labute approximate surface area is 115 Å². The van der Waals surface area contributed by atoms with E-state index in [0.717, 1.165) is 69.4 Å². The van der Waals surface area contributed by atoms with Crippen molar-refractivity contribution in [2.24, 2.45) is 10.7 Å². The third-order valence-electron chi connectivity index (χ3n) is 3.99. The van der Waals surface area contributed by atoms with Crippen LogP contribution in [0.1, 0.15) is 51.9 Å². The maximum Gasteiger partial charge on any atom is 0.270 e. The smallest absolute Gasteiger partial charge is 0.270 e. The van der Waals surface area contributed by atoms with Gasteiger partial charge in [0.2, 0.25) is 0 Å². The fraction of sp³-hybridized carbons (Fsp3) is 0.733. The van der Waals surface area contributed by atoms with Gasteiger partial charge >= 0.3 is 0 Å². The first-order valence-electron chi connectivity index (χ1n) is 7.55. The molecule has 2 fully saturated rings. The van der Waals surface area contributed by atoms with E-state index in [4.69, 9.17) is 5.73 Å². The molecule has 1 saturated carbocycles. The van der Waals surface area contributed by atoms with Gasteiger partial charge in [-0.2, -0.15) is 0 Å². The third kappa shape index (κ3) is 3.37. The minimum Gasteiger partial charge on any atom is -0.394 e. The van der Waals surface area contributed by atoms with Gasteiger partial charge in [0.1, 0.15) is 5.70 Å². The van der Waals surface area contributed by atoms with Crippen molar-refractivity contribution in [2.45, 2.75) is 51.9 Å². The molecule has 1 aliphatic heterocycles. The lowest BCUT2D eigenvalue weighted by Crippen LogP contribution is -2.39. The Balaban J connectivity index is 2.17. The van der Waals surface area contributed by atoms with Gasteiger partial charge in [-0.15, -0.1) is 0 Å². The Bertz CT molecular complexity index is 392. The lowest BCUT2D eigenvalue weighted by molar-refractivity contribution is -0.128. The van der Waals surface area contributed by atoms with Crippen LogP contribution in [0.5, 0.6) is 0 Å². The third-order valence-corrected chi connectivity index (χ3v) is 3.99. The molecule has 19 heavy (non-hydrogen) atoms. The molecule has 106 valence electrons. The summed E-state index contributed by atoms with van der Waals surface area (Å²) in [7, 11) is 0. The van der Waals surface area contributed by atoms with Gasteiger partial charge in [-0.3, -0.25) is 9.79 Å². The number of carbonyl (C=O) groups excluding carboxylic acids is 1. The Morgan fingerprint density at radius 3 is 2.53 bits per heavy atom. The second-order valence-electron chi connectivity index (χ2n) is 5.37. The number of nitrogens with two attached hydrogens (primary N) is 1. The maximum absolute atomic E-state index is 12.4. The summed E-state index contributed by atoms with van der Waals surface area (Å²) in [5, 5.41) is 0. The fourth-order valence-corrected chi connectivity index (χ4v) is 2.94. The average molecular weight is 263 g/mol. The van der Waals surface area contributed by atoms with Gasteiger partial charge in [-0.25, -0.2) is 0 Å². The lowest BCUT2D eigenvalue weighted by Gasteiger charge is -2.28. The van der Waals surface area contributed by atoms with Crippen molar-refractivity contribution >= 4 is 11.6 Å². The number of aliphatic imine (C=N–C) groups is 1. The molecule has 1 aliphatic carbocycles. The first kappa shape index (κ1) is 14.1. The molecule has 0 unspecified atom stereocenters. The van der Waals surface area contributed by atoms with E-state index in [9.17, 15) is 4.79 Å². The van der Waals surface area contributed by atoms with Crippen LogP contribution in [0, 0.1) is 0 Å². The molecule has 2 N–H and O–H groups in total. The topological polar surface area (TPSA) is 58.7 Å². The number of likely N-dealkylation sites (tertiary alicyclic amines) is 1. The summed E-state index contributed by atoms with van der Waals surface area (Å²) in [4.78, 5) is 18.9. The molecular weight excluding hydrogens is 238 g/mol. The average Bonchev–Trinajstić information content (AvgIpc) is 2.47. The van der Waals surface area contributed by atoms with Crippen LogP contribution in [-0.2, 0) is 4.79 Å². The van der Waals surface area contributed by atoms with Crippen molar-refractivity contribution in [1.82, 2.24) is 4.90 Å². The van der Waals surface area contributed by atoms with E-state index in [2.05, 4.69) is 4.99 Å². The van der Waals surface area contributed by atoms with Gasteiger partial charge in [-0.05, 0) is 51.9 Å². The molecule has 0 aromatic rings. The second-order valence-corrected chi connectivity index (χ2v) is 5.37. The monoisotopic (exact) mass is 263 g/mol. The van der Waals surface area contributed by atoms with Crippen molar-refractivity contribution < 1.29 is 4.79 Å². The van der Waals surface area contributed by atoms with Crippen molar-refractivity contribution in [3.63, 3.8) is 0 Å². The summed E-state index contributed by atoms with van der Waals surface area (Å²) in [6.07, 6.45) is 7.58. The summed E-state index contributed by atoms with van der Waals surface area (Å²) in [6, 6.07) is 0. The van der Waals surface area contributed by atoms with Crippen molar-refractivity contribution in [1.29, 1.82) is 0 Å². The van der Waals surface area contributed by atoms with Crippen molar-refractivity contribution in [2.75, 3.05) is 19.6 Å². The quantitative estimate of drug-likeness (QED) is 0.777. The molecule has 1 heterocycles. The number of hydrogen-bond donors (Lipinski definition) is 1. The van der Waals surface area contributed by atoms with E-state index in [1.807, 2.05) is 11.8 Å². The Morgan fingerprint density at radius 1 is 1.16 bits per heavy atom. The molecule has 1 saturated heterocycles. The van der Waals surface area contributed by atoms with Gasteiger partial charge in [0, 0.05) is 30.9 Å². The number of amides is 1. The maximum atomic E-state index is 12.4. The molecule has 2 rings (SSSR count). The van der Waals surface area contributed by atoms with Crippen LogP contribution in [0.25, 0.3) is 0 Å². The number of hydrogen-bond acceptors (Lipinski definition) is 3. The molecule has 0 spiro atoms. The predicted octanol–water partition coefficient (Wildman–Crippen LogP) is 2.25. The fourth-order valence-electron chi connectivity index (χ4n) is 2.94. The van der Waals surface area contributed by atoms with Crippen LogP contribution in [0.4, 0.5) is 0 Å². The zero-order valence-corrected chi connectivity index (χ0v) is 12.0. The predicted molar refractivity (Wildman–Crippen MR) is 78.1 cm³/mol. The molecule has 0 bridgehead atoms. The van der Waals surface area contributed by atoms with Crippen LogP contribution < -0.4 is 5.73 Å². The summed E-state index contributed by atoms with van der Waals surface area (Å²) >= 11 is 0. The molecule has 0 aromatic carbocycles. The normalized spacial score (nSPS) is 25.5. The van der Waals surface area contributed by atoms with Crippen LogP contribution in [-0.4, -0.2) is 36.2 Å². The van der Waals surface area contributed by atoms with Crippen molar-refractivity contribution in [3.8, 4) is 0 Å². The SMILES string of the molecule is CCN=C1CCCC/C1=C(/N)C(=O)N1CCCCC1. The van der Waals surface area contributed by atoms with E-state index in [1.165, 1.54) is 6.42 Å². The Morgan fingerprint density at radius 2 is 1.84 bits per heavy atom. The summed E-state index contributed by atoms with van der Waals surface area (Å²) in [6.45, 7) is 4.51. The molecule has 0 atom stereocenters. The van der Waals surface area contributed by atoms with E-state index in [0.29, 0.717) is 5.70 Å². The van der Waals surface area contributed by atoms with Crippen LogP contribution >= 0.6 is 0 Å².